The molecule has 0 amide bonds. The number of nitrogens with two attached hydrogens (primary N) is 1. The normalized spacial score (nSPS) is 10.4. The van der Waals surface area contributed by atoms with Crippen molar-refractivity contribution in [3.8, 4) is 5.88 Å². The lowest BCUT2D eigenvalue weighted by atomic mass is 10.2. The second-order valence-electron chi connectivity index (χ2n) is 3.52. The fraction of sp³-hybridized carbons (Fsp3) is 0.0833. The fourth-order valence-electron chi connectivity index (χ4n) is 1.33. The van der Waals surface area contributed by atoms with Crippen LogP contribution in [0.1, 0.15) is 5.56 Å². The molecule has 18 heavy (non-hydrogen) atoms. The Morgan fingerprint density at radius 1 is 1.22 bits per heavy atom. The van der Waals surface area contributed by atoms with E-state index in [0.717, 1.165) is 10.0 Å². The third-order valence-electron chi connectivity index (χ3n) is 2.25. The monoisotopic (exact) mass is 314 g/mol. The van der Waals surface area contributed by atoms with Crippen LogP contribution in [0.25, 0.3) is 0 Å². The van der Waals surface area contributed by atoms with Gasteiger partial charge in [-0.2, -0.15) is 4.98 Å². The summed E-state index contributed by atoms with van der Waals surface area (Å²) in [5.41, 5.74) is 6.07. The third kappa shape index (κ3) is 2.76. The molecule has 2 aromatic rings. The van der Waals surface area contributed by atoms with Gasteiger partial charge in [-0.3, -0.25) is 0 Å². The van der Waals surface area contributed by atoms with Crippen molar-refractivity contribution in [2.45, 2.75) is 6.61 Å². The molecule has 0 fully saturated rings. The first kappa shape index (κ1) is 12.8. The number of hydrogen-bond acceptors (Lipinski definition) is 3. The van der Waals surface area contributed by atoms with Gasteiger partial charge in [0.2, 0.25) is 0 Å². The lowest BCUT2D eigenvalue weighted by molar-refractivity contribution is 0.276. The summed E-state index contributed by atoms with van der Waals surface area (Å²) < 4.78 is 32.2. The Labute approximate surface area is 111 Å². The predicted octanol–water partition coefficient (Wildman–Crippen LogP) is 3.28. The number of halogens is 3. The van der Waals surface area contributed by atoms with Gasteiger partial charge in [0, 0.05) is 16.1 Å². The van der Waals surface area contributed by atoms with Gasteiger partial charge < -0.3 is 10.5 Å². The van der Waals surface area contributed by atoms with Crippen molar-refractivity contribution in [1.29, 1.82) is 0 Å². The summed E-state index contributed by atoms with van der Waals surface area (Å²) in [6.07, 6.45) is 0. The minimum atomic E-state index is -0.902. The van der Waals surface area contributed by atoms with Gasteiger partial charge >= 0.3 is 0 Å². The van der Waals surface area contributed by atoms with Crippen molar-refractivity contribution >= 4 is 21.7 Å². The van der Waals surface area contributed by atoms with E-state index in [9.17, 15) is 8.78 Å². The SMILES string of the molecule is Nc1nc(OCc2ccccc2Br)c(F)cc1F. The molecule has 94 valence electrons. The summed E-state index contributed by atoms with van der Waals surface area (Å²) >= 11 is 3.34. The highest BCUT2D eigenvalue weighted by molar-refractivity contribution is 9.10. The van der Waals surface area contributed by atoms with Gasteiger partial charge in [-0.05, 0) is 6.07 Å². The number of nitrogens with zero attached hydrogens (tertiary/aromatic N) is 1. The first-order chi connectivity index (χ1) is 8.58. The quantitative estimate of drug-likeness (QED) is 0.945. The maximum Gasteiger partial charge on any atom is 0.252 e. The molecule has 0 aliphatic heterocycles. The van der Waals surface area contributed by atoms with E-state index in [1.807, 2.05) is 24.3 Å². The van der Waals surface area contributed by atoms with E-state index in [1.165, 1.54) is 0 Å². The van der Waals surface area contributed by atoms with Crippen LogP contribution in [0, 0.1) is 11.6 Å². The van der Waals surface area contributed by atoms with Gasteiger partial charge in [-0.15, -0.1) is 0 Å². The Morgan fingerprint density at radius 2 is 1.94 bits per heavy atom. The molecule has 3 nitrogen and oxygen atoms in total. The highest BCUT2D eigenvalue weighted by Gasteiger charge is 2.11. The number of aromatic nitrogens is 1. The van der Waals surface area contributed by atoms with Crippen molar-refractivity contribution in [1.82, 2.24) is 4.98 Å². The van der Waals surface area contributed by atoms with E-state index in [-0.39, 0.29) is 12.5 Å². The van der Waals surface area contributed by atoms with Crippen molar-refractivity contribution in [3.05, 3.63) is 52.0 Å². The highest BCUT2D eigenvalue weighted by atomic mass is 79.9. The van der Waals surface area contributed by atoms with Crippen molar-refractivity contribution in [2.75, 3.05) is 5.73 Å². The van der Waals surface area contributed by atoms with Crippen molar-refractivity contribution in [3.63, 3.8) is 0 Å². The van der Waals surface area contributed by atoms with Crippen LogP contribution in [0.5, 0.6) is 5.88 Å². The largest absolute Gasteiger partial charge is 0.471 e. The van der Waals surface area contributed by atoms with Gasteiger partial charge in [0.1, 0.15) is 6.61 Å². The molecule has 0 spiro atoms. The Kier molecular flexibility index (Phi) is 3.76. The molecule has 0 unspecified atom stereocenters. The molecular formula is C12H9BrF2N2O. The van der Waals surface area contributed by atoms with Crippen LogP contribution in [-0.2, 0) is 6.61 Å². The number of anilines is 1. The van der Waals surface area contributed by atoms with Crippen LogP contribution in [0.2, 0.25) is 0 Å². The minimum Gasteiger partial charge on any atom is -0.471 e. The Bertz CT molecular complexity index is 578. The van der Waals surface area contributed by atoms with Crippen LogP contribution in [0.4, 0.5) is 14.6 Å². The highest BCUT2D eigenvalue weighted by Crippen LogP contribution is 2.22. The van der Waals surface area contributed by atoms with Crippen LogP contribution in [0.15, 0.2) is 34.8 Å². The maximum absolute atomic E-state index is 13.3. The van der Waals surface area contributed by atoms with E-state index in [4.69, 9.17) is 10.5 Å². The van der Waals surface area contributed by atoms with Crippen LogP contribution < -0.4 is 10.5 Å². The van der Waals surface area contributed by atoms with E-state index < -0.39 is 17.5 Å². The van der Waals surface area contributed by atoms with E-state index in [2.05, 4.69) is 20.9 Å². The molecule has 0 saturated carbocycles. The predicted molar refractivity (Wildman–Crippen MR) is 67.0 cm³/mol. The molecule has 0 bridgehead atoms. The average Bonchev–Trinajstić information content (AvgIpc) is 2.34. The van der Waals surface area contributed by atoms with Crippen LogP contribution >= 0.6 is 15.9 Å². The van der Waals surface area contributed by atoms with Gasteiger partial charge in [-0.25, -0.2) is 8.78 Å². The zero-order chi connectivity index (χ0) is 13.1. The number of benzene rings is 1. The summed E-state index contributed by atoms with van der Waals surface area (Å²) in [5.74, 6) is -2.49. The fourth-order valence-corrected chi connectivity index (χ4v) is 1.73. The topological polar surface area (TPSA) is 48.1 Å². The van der Waals surface area contributed by atoms with E-state index in [1.54, 1.807) is 0 Å². The molecule has 6 heteroatoms. The summed E-state index contributed by atoms with van der Waals surface area (Å²) in [5, 5.41) is 0. The number of hydrogen-bond donors (Lipinski definition) is 1. The number of nitrogen functional groups attached to an aromatic ring is 1. The molecule has 1 heterocycles. The van der Waals surface area contributed by atoms with Crippen LogP contribution in [0.3, 0.4) is 0 Å². The second kappa shape index (κ2) is 5.30. The van der Waals surface area contributed by atoms with Gasteiger partial charge in [0.25, 0.3) is 5.88 Å². The summed E-state index contributed by atoms with van der Waals surface area (Å²) in [6.45, 7) is 0.108. The third-order valence-corrected chi connectivity index (χ3v) is 3.02. The van der Waals surface area contributed by atoms with Gasteiger partial charge in [0.05, 0.1) is 0 Å². The van der Waals surface area contributed by atoms with Crippen LogP contribution in [-0.4, -0.2) is 4.98 Å². The number of ether oxygens (including phenoxy) is 1. The molecule has 0 aliphatic carbocycles. The van der Waals surface area contributed by atoms with Gasteiger partial charge in [-0.1, -0.05) is 34.1 Å². The zero-order valence-electron chi connectivity index (χ0n) is 9.16. The Balaban J connectivity index is 2.16. The Morgan fingerprint density at radius 3 is 2.67 bits per heavy atom. The molecule has 1 aromatic carbocycles. The molecule has 0 radical (unpaired) electrons. The zero-order valence-corrected chi connectivity index (χ0v) is 10.7. The lowest BCUT2D eigenvalue weighted by Gasteiger charge is -2.08. The molecule has 0 aliphatic rings. The molecule has 0 atom stereocenters. The van der Waals surface area contributed by atoms with Gasteiger partial charge in [0.15, 0.2) is 17.5 Å². The molecule has 2 N–H and O–H groups in total. The molecule has 1 aromatic heterocycles. The average molecular weight is 315 g/mol. The van der Waals surface area contributed by atoms with Crippen molar-refractivity contribution in [2.24, 2.45) is 0 Å². The number of rotatable bonds is 3. The second-order valence-corrected chi connectivity index (χ2v) is 4.38. The summed E-state index contributed by atoms with van der Waals surface area (Å²) in [7, 11) is 0. The van der Waals surface area contributed by atoms with E-state index in [0.29, 0.717) is 6.07 Å². The van der Waals surface area contributed by atoms with Crippen molar-refractivity contribution < 1.29 is 13.5 Å². The first-order valence-electron chi connectivity index (χ1n) is 5.05. The minimum absolute atomic E-state index is 0.108. The summed E-state index contributed by atoms with van der Waals surface area (Å²) in [4.78, 5) is 3.51. The number of pyridine rings is 1. The van der Waals surface area contributed by atoms with E-state index >= 15 is 0 Å². The smallest absolute Gasteiger partial charge is 0.252 e. The summed E-state index contributed by atoms with van der Waals surface area (Å²) in [6, 6.07) is 7.97. The molecule has 2 rings (SSSR count). The standard InChI is InChI=1S/C12H9BrF2N2O/c13-8-4-2-1-3-7(8)6-18-12-10(15)5-9(14)11(16)17-12/h1-5H,6H2,(H2,16,17). The maximum atomic E-state index is 13.3. The Hall–Kier alpha value is -1.69. The molecular weight excluding hydrogens is 306 g/mol. The molecule has 0 saturated heterocycles. The lowest BCUT2D eigenvalue weighted by Crippen LogP contribution is -2.04. The first-order valence-corrected chi connectivity index (χ1v) is 5.85.